The lowest BCUT2D eigenvalue weighted by Gasteiger charge is -2.30. The molecule has 1 fully saturated rings. The summed E-state index contributed by atoms with van der Waals surface area (Å²) in [5.41, 5.74) is 2.45. The van der Waals surface area contributed by atoms with Crippen molar-refractivity contribution in [2.24, 2.45) is 5.92 Å². The average Bonchev–Trinajstić information content (AvgIpc) is 2.74. The molecule has 7 nitrogen and oxygen atoms in total. The van der Waals surface area contributed by atoms with E-state index < -0.39 is 10.0 Å². The number of carbonyl (C=O) groups is 2. The molecule has 30 heavy (non-hydrogen) atoms. The van der Waals surface area contributed by atoms with Crippen molar-refractivity contribution in [3.63, 3.8) is 0 Å². The Morgan fingerprint density at radius 1 is 1.03 bits per heavy atom. The number of rotatable bonds is 5. The topological polar surface area (TPSA) is 92.8 Å². The van der Waals surface area contributed by atoms with E-state index >= 15 is 0 Å². The summed E-state index contributed by atoms with van der Waals surface area (Å²) in [5, 5.41) is 0. The van der Waals surface area contributed by atoms with E-state index in [-0.39, 0.29) is 22.7 Å². The lowest BCUT2D eigenvalue weighted by molar-refractivity contribution is -0.146. The largest absolute Gasteiger partial charge is 0.469 e. The summed E-state index contributed by atoms with van der Waals surface area (Å²) >= 11 is 0. The van der Waals surface area contributed by atoms with Crippen LogP contribution in [0.25, 0.3) is 0 Å². The number of methoxy groups -OCH3 is 1. The Labute approximate surface area is 177 Å². The Morgan fingerprint density at radius 2 is 1.67 bits per heavy atom. The van der Waals surface area contributed by atoms with Crippen LogP contribution in [0.5, 0.6) is 0 Å². The van der Waals surface area contributed by atoms with Crippen LogP contribution >= 0.6 is 0 Å². The first-order chi connectivity index (χ1) is 14.2. The molecule has 8 heteroatoms. The second-order valence-corrected chi connectivity index (χ2v) is 9.22. The Bertz CT molecular complexity index is 1040. The Balaban J connectivity index is 1.76. The number of likely N-dealkylation sites (tertiary alicyclic amines) is 1. The summed E-state index contributed by atoms with van der Waals surface area (Å²) in [6, 6.07) is 11.5. The number of piperidine rings is 1. The zero-order valence-corrected chi connectivity index (χ0v) is 18.2. The molecule has 1 aliphatic rings. The standard InChI is InChI=1S/C22H26N2O5S/c1-15-4-8-19(9-5-15)30(27,28)23-20-14-18(7-6-16(20)2)21(25)24-12-10-17(11-13-24)22(26)29-3/h4-9,14,17,23H,10-13H2,1-3H3. The number of nitrogens with one attached hydrogen (secondary N) is 1. The Morgan fingerprint density at radius 3 is 2.27 bits per heavy atom. The van der Waals surface area contributed by atoms with Crippen LogP contribution in [0.1, 0.15) is 34.3 Å². The molecule has 0 radical (unpaired) electrons. The van der Waals surface area contributed by atoms with E-state index in [1.165, 1.54) is 7.11 Å². The van der Waals surface area contributed by atoms with Gasteiger partial charge in [-0.1, -0.05) is 23.8 Å². The molecule has 2 aromatic rings. The molecule has 1 heterocycles. The summed E-state index contributed by atoms with van der Waals surface area (Å²) in [6.07, 6.45) is 1.11. The van der Waals surface area contributed by atoms with E-state index in [0.717, 1.165) is 5.56 Å². The Kier molecular flexibility index (Phi) is 6.45. The van der Waals surface area contributed by atoms with Gasteiger partial charge in [0.05, 0.1) is 23.6 Å². The first kappa shape index (κ1) is 21.8. The highest BCUT2D eigenvalue weighted by Crippen LogP contribution is 2.24. The van der Waals surface area contributed by atoms with Crippen molar-refractivity contribution in [2.75, 3.05) is 24.9 Å². The zero-order valence-electron chi connectivity index (χ0n) is 17.3. The molecule has 0 unspecified atom stereocenters. The number of esters is 1. The summed E-state index contributed by atoms with van der Waals surface area (Å²) in [4.78, 5) is 26.4. The molecule has 1 amide bonds. The maximum atomic E-state index is 12.9. The van der Waals surface area contributed by atoms with Gasteiger partial charge in [0.1, 0.15) is 0 Å². The minimum atomic E-state index is -3.77. The number of benzene rings is 2. The van der Waals surface area contributed by atoms with E-state index in [9.17, 15) is 18.0 Å². The molecule has 0 saturated carbocycles. The van der Waals surface area contributed by atoms with Gasteiger partial charge in [0.15, 0.2) is 0 Å². The minimum absolute atomic E-state index is 0.161. The fourth-order valence-electron chi connectivity index (χ4n) is 3.45. The van der Waals surface area contributed by atoms with Crippen LogP contribution in [-0.4, -0.2) is 45.4 Å². The van der Waals surface area contributed by atoms with Crippen molar-refractivity contribution in [3.05, 3.63) is 59.2 Å². The van der Waals surface area contributed by atoms with E-state index in [2.05, 4.69) is 4.72 Å². The predicted octanol–water partition coefficient (Wildman–Crippen LogP) is 3.13. The smallest absolute Gasteiger partial charge is 0.308 e. The van der Waals surface area contributed by atoms with Crippen LogP contribution in [0, 0.1) is 19.8 Å². The van der Waals surface area contributed by atoms with Crippen LogP contribution < -0.4 is 4.72 Å². The molecule has 0 atom stereocenters. The number of nitrogens with zero attached hydrogens (tertiary/aromatic N) is 1. The summed E-state index contributed by atoms with van der Waals surface area (Å²) < 4.78 is 32.8. The molecular formula is C22H26N2O5S. The van der Waals surface area contributed by atoms with Crippen LogP contribution in [-0.2, 0) is 19.6 Å². The maximum Gasteiger partial charge on any atom is 0.308 e. The van der Waals surface area contributed by atoms with Crippen molar-refractivity contribution >= 4 is 27.6 Å². The maximum absolute atomic E-state index is 12.9. The fraction of sp³-hybridized carbons (Fsp3) is 0.364. The van der Waals surface area contributed by atoms with Gasteiger partial charge in [0.25, 0.3) is 15.9 Å². The number of amides is 1. The van der Waals surface area contributed by atoms with Crippen molar-refractivity contribution in [2.45, 2.75) is 31.6 Å². The van der Waals surface area contributed by atoms with Gasteiger partial charge in [-0.3, -0.25) is 14.3 Å². The van der Waals surface area contributed by atoms with Gasteiger partial charge in [-0.2, -0.15) is 0 Å². The molecule has 0 spiro atoms. The number of hydrogen-bond acceptors (Lipinski definition) is 5. The molecule has 2 aromatic carbocycles. The molecule has 0 bridgehead atoms. The monoisotopic (exact) mass is 430 g/mol. The van der Waals surface area contributed by atoms with Gasteiger partial charge < -0.3 is 9.64 Å². The van der Waals surface area contributed by atoms with Gasteiger partial charge in [0.2, 0.25) is 0 Å². The highest BCUT2D eigenvalue weighted by molar-refractivity contribution is 7.92. The quantitative estimate of drug-likeness (QED) is 0.736. The molecule has 1 N–H and O–H groups in total. The van der Waals surface area contributed by atoms with E-state index in [1.54, 1.807) is 54.3 Å². The summed E-state index contributed by atoms with van der Waals surface area (Å²) in [5.74, 6) is -0.617. The van der Waals surface area contributed by atoms with Crippen LogP contribution in [0.4, 0.5) is 5.69 Å². The third-order valence-electron chi connectivity index (χ3n) is 5.38. The molecule has 0 aliphatic carbocycles. The third-order valence-corrected chi connectivity index (χ3v) is 6.76. The van der Waals surface area contributed by atoms with Crippen molar-refractivity contribution < 1.29 is 22.7 Å². The number of carbonyl (C=O) groups excluding carboxylic acids is 2. The summed E-state index contributed by atoms with van der Waals surface area (Å²) in [6.45, 7) is 4.58. The van der Waals surface area contributed by atoms with Crippen molar-refractivity contribution in [3.8, 4) is 0 Å². The SMILES string of the molecule is COC(=O)C1CCN(C(=O)c2ccc(C)c(NS(=O)(=O)c3ccc(C)cc3)c2)CC1. The van der Waals surface area contributed by atoms with Gasteiger partial charge >= 0.3 is 5.97 Å². The molecular weight excluding hydrogens is 404 g/mol. The van der Waals surface area contributed by atoms with Gasteiger partial charge in [-0.25, -0.2) is 8.42 Å². The fourth-order valence-corrected chi connectivity index (χ4v) is 4.58. The number of hydrogen-bond donors (Lipinski definition) is 1. The number of aryl methyl sites for hydroxylation is 2. The molecule has 160 valence electrons. The number of sulfonamides is 1. The van der Waals surface area contributed by atoms with Gasteiger partial charge in [0, 0.05) is 18.7 Å². The second kappa shape index (κ2) is 8.87. The first-order valence-corrected chi connectivity index (χ1v) is 11.3. The van der Waals surface area contributed by atoms with Crippen molar-refractivity contribution in [1.82, 2.24) is 4.90 Å². The molecule has 1 saturated heterocycles. The summed E-state index contributed by atoms with van der Waals surface area (Å²) in [7, 11) is -2.40. The number of ether oxygens (including phenoxy) is 1. The van der Waals surface area contributed by atoms with Gasteiger partial charge in [-0.15, -0.1) is 0 Å². The van der Waals surface area contributed by atoms with E-state index in [4.69, 9.17) is 4.74 Å². The molecule has 1 aliphatic heterocycles. The molecule has 3 rings (SSSR count). The lowest BCUT2D eigenvalue weighted by Crippen LogP contribution is -2.40. The van der Waals surface area contributed by atoms with Crippen LogP contribution in [0.3, 0.4) is 0 Å². The third kappa shape index (κ3) is 4.81. The lowest BCUT2D eigenvalue weighted by atomic mass is 9.96. The van der Waals surface area contributed by atoms with E-state index in [1.807, 2.05) is 6.92 Å². The van der Waals surface area contributed by atoms with Crippen molar-refractivity contribution in [1.29, 1.82) is 0 Å². The van der Waals surface area contributed by atoms with Gasteiger partial charge in [-0.05, 0) is 56.5 Å². The second-order valence-electron chi connectivity index (χ2n) is 7.54. The highest BCUT2D eigenvalue weighted by atomic mass is 32.2. The van der Waals surface area contributed by atoms with E-state index in [0.29, 0.717) is 42.7 Å². The highest BCUT2D eigenvalue weighted by Gasteiger charge is 2.28. The predicted molar refractivity (Wildman–Crippen MR) is 114 cm³/mol. The average molecular weight is 431 g/mol. The Hall–Kier alpha value is -2.87. The minimum Gasteiger partial charge on any atom is -0.469 e. The number of anilines is 1. The first-order valence-electron chi connectivity index (χ1n) is 9.78. The molecule has 0 aromatic heterocycles. The van der Waals surface area contributed by atoms with Crippen LogP contribution in [0.2, 0.25) is 0 Å². The van der Waals surface area contributed by atoms with Crippen LogP contribution in [0.15, 0.2) is 47.4 Å². The zero-order chi connectivity index (χ0) is 21.9. The normalized spacial score (nSPS) is 15.0.